The Labute approximate surface area is 136 Å². The van der Waals surface area contributed by atoms with Crippen LogP contribution in [0.2, 0.25) is 0 Å². The lowest BCUT2D eigenvalue weighted by Gasteiger charge is -2.02. The van der Waals surface area contributed by atoms with Crippen LogP contribution in [0.25, 0.3) is 28.0 Å². The smallest absolute Gasteiger partial charge is 0.137 e. The van der Waals surface area contributed by atoms with Crippen molar-refractivity contribution in [2.75, 3.05) is 0 Å². The van der Waals surface area contributed by atoms with Crippen LogP contribution in [0.1, 0.15) is 11.3 Å². The number of benzene rings is 2. The van der Waals surface area contributed by atoms with E-state index in [2.05, 4.69) is 85.1 Å². The second-order valence-electron chi connectivity index (χ2n) is 5.97. The molecule has 0 N–H and O–H groups in total. The third kappa shape index (κ3) is 2.53. The molecule has 0 saturated carbocycles. The van der Waals surface area contributed by atoms with Crippen molar-refractivity contribution >= 4 is 5.65 Å². The van der Waals surface area contributed by atoms with Gasteiger partial charge in [-0.05, 0) is 42.7 Å². The van der Waals surface area contributed by atoms with Crippen LogP contribution in [0, 0.1) is 13.8 Å². The van der Waals surface area contributed by atoms with Gasteiger partial charge in [-0.2, -0.15) is 0 Å². The Kier molecular flexibility index (Phi) is 3.23. The van der Waals surface area contributed by atoms with Crippen molar-refractivity contribution < 1.29 is 0 Å². The molecule has 0 saturated heterocycles. The van der Waals surface area contributed by atoms with Crippen LogP contribution < -0.4 is 0 Å². The van der Waals surface area contributed by atoms with E-state index in [9.17, 15) is 0 Å². The summed E-state index contributed by atoms with van der Waals surface area (Å²) in [7, 11) is 0. The van der Waals surface area contributed by atoms with Gasteiger partial charge in [-0.25, -0.2) is 4.98 Å². The van der Waals surface area contributed by atoms with Crippen LogP contribution in [0.15, 0.2) is 72.9 Å². The van der Waals surface area contributed by atoms with Crippen LogP contribution in [-0.4, -0.2) is 9.38 Å². The van der Waals surface area contributed by atoms with Crippen molar-refractivity contribution in [3.05, 3.63) is 84.2 Å². The molecule has 0 spiro atoms. The SMILES string of the molecule is Cc1cc(C)n2cc(-c3ccc(-c4ccccc4)cc3)nc2c1. The minimum atomic E-state index is 1.00. The van der Waals surface area contributed by atoms with Gasteiger partial charge in [0.2, 0.25) is 0 Å². The summed E-state index contributed by atoms with van der Waals surface area (Å²) in [5.74, 6) is 0. The molecule has 2 aromatic heterocycles. The molecular formula is C21H18N2. The molecular weight excluding hydrogens is 280 g/mol. The third-order valence-electron chi connectivity index (χ3n) is 4.19. The summed E-state index contributed by atoms with van der Waals surface area (Å²) in [6.45, 7) is 4.22. The standard InChI is InChI=1S/C21H18N2/c1-15-12-16(2)23-14-20(22-21(23)13-15)19-10-8-18(9-11-19)17-6-4-3-5-7-17/h3-14H,1-2H3. The van der Waals surface area contributed by atoms with Crippen molar-refractivity contribution in [2.24, 2.45) is 0 Å². The minimum absolute atomic E-state index is 1.00. The predicted molar refractivity (Wildman–Crippen MR) is 95.5 cm³/mol. The zero-order valence-corrected chi connectivity index (χ0v) is 13.3. The zero-order chi connectivity index (χ0) is 15.8. The van der Waals surface area contributed by atoms with E-state index in [0.717, 1.165) is 16.9 Å². The highest BCUT2D eigenvalue weighted by Gasteiger charge is 2.07. The Bertz CT molecular complexity index is 964. The van der Waals surface area contributed by atoms with Crippen molar-refractivity contribution in [2.45, 2.75) is 13.8 Å². The lowest BCUT2D eigenvalue weighted by atomic mass is 10.0. The number of hydrogen-bond acceptors (Lipinski definition) is 1. The topological polar surface area (TPSA) is 17.3 Å². The normalized spacial score (nSPS) is 11.0. The highest BCUT2D eigenvalue weighted by atomic mass is 15.0. The van der Waals surface area contributed by atoms with Crippen LogP contribution in [-0.2, 0) is 0 Å². The van der Waals surface area contributed by atoms with Gasteiger partial charge in [0.25, 0.3) is 0 Å². The molecule has 0 radical (unpaired) electrons. The average Bonchev–Trinajstić information content (AvgIpc) is 3.00. The Morgan fingerprint density at radius 1 is 0.739 bits per heavy atom. The summed E-state index contributed by atoms with van der Waals surface area (Å²) >= 11 is 0. The fourth-order valence-corrected chi connectivity index (χ4v) is 3.03. The molecule has 0 aliphatic carbocycles. The maximum absolute atomic E-state index is 4.77. The van der Waals surface area contributed by atoms with Gasteiger partial charge in [0, 0.05) is 17.5 Å². The summed E-state index contributed by atoms with van der Waals surface area (Å²) in [4.78, 5) is 4.77. The lowest BCUT2D eigenvalue weighted by molar-refractivity contribution is 1.08. The summed E-state index contributed by atoms with van der Waals surface area (Å²) in [5, 5.41) is 0. The Balaban J connectivity index is 1.75. The number of rotatable bonds is 2. The van der Waals surface area contributed by atoms with Gasteiger partial charge in [0.05, 0.1) is 5.69 Å². The Morgan fingerprint density at radius 3 is 2.13 bits per heavy atom. The van der Waals surface area contributed by atoms with Crippen LogP contribution in [0.3, 0.4) is 0 Å². The first kappa shape index (κ1) is 13.8. The molecule has 2 aromatic carbocycles. The molecule has 0 aliphatic rings. The van der Waals surface area contributed by atoms with Crippen LogP contribution >= 0.6 is 0 Å². The molecule has 2 heterocycles. The van der Waals surface area contributed by atoms with E-state index in [-0.39, 0.29) is 0 Å². The summed E-state index contributed by atoms with van der Waals surface area (Å²) in [5.41, 5.74) is 8.07. The van der Waals surface area contributed by atoms with Gasteiger partial charge in [0.1, 0.15) is 5.65 Å². The number of hydrogen-bond donors (Lipinski definition) is 0. The zero-order valence-electron chi connectivity index (χ0n) is 13.3. The fraction of sp³-hybridized carbons (Fsp3) is 0.0952. The molecule has 0 bridgehead atoms. The van der Waals surface area contributed by atoms with E-state index >= 15 is 0 Å². The maximum Gasteiger partial charge on any atom is 0.137 e. The first-order valence-corrected chi connectivity index (χ1v) is 7.83. The number of pyridine rings is 1. The second kappa shape index (κ2) is 5.40. The highest BCUT2D eigenvalue weighted by Crippen LogP contribution is 2.25. The average molecular weight is 298 g/mol. The minimum Gasteiger partial charge on any atom is -0.304 e. The van der Waals surface area contributed by atoms with Gasteiger partial charge in [-0.3, -0.25) is 0 Å². The molecule has 0 aliphatic heterocycles. The molecule has 23 heavy (non-hydrogen) atoms. The fourth-order valence-electron chi connectivity index (χ4n) is 3.03. The molecule has 112 valence electrons. The Morgan fingerprint density at radius 2 is 1.39 bits per heavy atom. The lowest BCUT2D eigenvalue weighted by Crippen LogP contribution is -1.89. The number of aryl methyl sites for hydroxylation is 2. The van der Waals surface area contributed by atoms with E-state index in [1.807, 2.05) is 6.07 Å². The molecule has 0 unspecified atom stereocenters. The van der Waals surface area contributed by atoms with Gasteiger partial charge in [-0.15, -0.1) is 0 Å². The number of aromatic nitrogens is 2. The molecule has 2 heteroatoms. The highest BCUT2D eigenvalue weighted by molar-refractivity contribution is 5.70. The summed E-state index contributed by atoms with van der Waals surface area (Å²) in [6, 6.07) is 23.3. The van der Waals surface area contributed by atoms with Gasteiger partial charge >= 0.3 is 0 Å². The van der Waals surface area contributed by atoms with Crippen LogP contribution in [0.4, 0.5) is 0 Å². The van der Waals surface area contributed by atoms with E-state index < -0.39 is 0 Å². The van der Waals surface area contributed by atoms with Gasteiger partial charge in [-0.1, -0.05) is 54.6 Å². The Hall–Kier alpha value is -2.87. The van der Waals surface area contributed by atoms with Gasteiger partial charge in [0.15, 0.2) is 0 Å². The number of nitrogens with zero attached hydrogens (tertiary/aromatic N) is 2. The first-order chi connectivity index (χ1) is 11.2. The molecule has 0 fully saturated rings. The van der Waals surface area contributed by atoms with Crippen molar-refractivity contribution in [3.63, 3.8) is 0 Å². The van der Waals surface area contributed by atoms with E-state index in [1.165, 1.54) is 22.4 Å². The van der Waals surface area contributed by atoms with Crippen molar-refractivity contribution in [3.8, 4) is 22.4 Å². The second-order valence-corrected chi connectivity index (χ2v) is 5.97. The largest absolute Gasteiger partial charge is 0.304 e. The van der Waals surface area contributed by atoms with Crippen molar-refractivity contribution in [1.82, 2.24) is 9.38 Å². The van der Waals surface area contributed by atoms with Crippen molar-refractivity contribution in [1.29, 1.82) is 0 Å². The van der Waals surface area contributed by atoms with E-state index in [0.29, 0.717) is 0 Å². The monoisotopic (exact) mass is 298 g/mol. The van der Waals surface area contributed by atoms with E-state index in [1.54, 1.807) is 0 Å². The first-order valence-electron chi connectivity index (χ1n) is 7.83. The van der Waals surface area contributed by atoms with Crippen LogP contribution in [0.5, 0.6) is 0 Å². The molecule has 4 rings (SSSR count). The maximum atomic E-state index is 4.77. The predicted octanol–water partition coefficient (Wildman–Crippen LogP) is 5.29. The molecule has 0 atom stereocenters. The summed E-state index contributed by atoms with van der Waals surface area (Å²) < 4.78 is 2.15. The van der Waals surface area contributed by atoms with E-state index in [4.69, 9.17) is 4.98 Å². The number of imidazole rings is 1. The van der Waals surface area contributed by atoms with Gasteiger partial charge < -0.3 is 4.40 Å². The quantitative estimate of drug-likeness (QED) is 0.492. The summed E-state index contributed by atoms with van der Waals surface area (Å²) in [6.07, 6.45) is 2.11. The third-order valence-corrected chi connectivity index (χ3v) is 4.19. The molecule has 4 aromatic rings. The number of fused-ring (bicyclic) bond motifs is 1. The molecule has 2 nitrogen and oxygen atoms in total. The molecule has 0 amide bonds.